The van der Waals surface area contributed by atoms with Crippen molar-refractivity contribution in [3.63, 3.8) is 0 Å². The lowest BCUT2D eigenvalue weighted by Gasteiger charge is -2.25. The minimum absolute atomic E-state index is 0.122. The van der Waals surface area contributed by atoms with Gasteiger partial charge in [-0.05, 0) is 49.0 Å². The number of carbonyl (C=O) groups is 1. The van der Waals surface area contributed by atoms with Gasteiger partial charge in [0.1, 0.15) is 13.2 Å². The van der Waals surface area contributed by atoms with Crippen molar-refractivity contribution in [3.05, 3.63) is 41.5 Å². The van der Waals surface area contributed by atoms with E-state index in [-0.39, 0.29) is 5.91 Å². The van der Waals surface area contributed by atoms with E-state index < -0.39 is 0 Å². The maximum absolute atomic E-state index is 12.2. The zero-order chi connectivity index (χ0) is 16.8. The molecule has 2 aliphatic heterocycles. The highest BCUT2D eigenvalue weighted by Crippen LogP contribution is 2.31. The van der Waals surface area contributed by atoms with Crippen molar-refractivity contribution in [1.82, 2.24) is 4.90 Å². The number of piperidine rings is 1. The molecule has 1 amide bonds. The third-order valence-corrected chi connectivity index (χ3v) is 4.43. The SMILES string of the molecule is CCC(/C=C/C(=O)N1CCCCC1)=C\c1ccc2c(c1)OCCO2. The molecule has 0 atom stereocenters. The second-order valence-corrected chi connectivity index (χ2v) is 6.20. The first-order valence-electron chi connectivity index (χ1n) is 8.83. The first kappa shape index (κ1) is 16.6. The van der Waals surface area contributed by atoms with Crippen LogP contribution in [0.5, 0.6) is 11.5 Å². The number of hydrogen-bond donors (Lipinski definition) is 0. The van der Waals surface area contributed by atoms with Crippen LogP contribution in [0, 0.1) is 0 Å². The normalized spacial score (nSPS) is 18.0. The highest BCUT2D eigenvalue weighted by Gasteiger charge is 2.14. The fourth-order valence-corrected chi connectivity index (χ4v) is 3.03. The lowest BCUT2D eigenvalue weighted by Crippen LogP contribution is -2.34. The Labute approximate surface area is 143 Å². The number of carbonyl (C=O) groups excluding carboxylic acids is 1. The van der Waals surface area contributed by atoms with Gasteiger partial charge in [-0.2, -0.15) is 0 Å². The second-order valence-electron chi connectivity index (χ2n) is 6.20. The molecule has 2 heterocycles. The third kappa shape index (κ3) is 4.19. The van der Waals surface area contributed by atoms with Crippen LogP contribution in [0.4, 0.5) is 0 Å². The van der Waals surface area contributed by atoms with Crippen LogP contribution < -0.4 is 9.47 Å². The maximum Gasteiger partial charge on any atom is 0.246 e. The summed E-state index contributed by atoms with van der Waals surface area (Å²) in [6.45, 7) is 5.06. The monoisotopic (exact) mass is 327 g/mol. The van der Waals surface area contributed by atoms with Gasteiger partial charge < -0.3 is 14.4 Å². The molecule has 0 spiro atoms. The summed E-state index contributed by atoms with van der Waals surface area (Å²) in [6.07, 6.45) is 10.1. The number of rotatable bonds is 4. The molecule has 0 radical (unpaired) electrons. The molecule has 1 fully saturated rings. The van der Waals surface area contributed by atoms with E-state index in [2.05, 4.69) is 13.0 Å². The van der Waals surface area contributed by atoms with E-state index in [0.29, 0.717) is 13.2 Å². The zero-order valence-electron chi connectivity index (χ0n) is 14.3. The van der Waals surface area contributed by atoms with Crippen LogP contribution in [0.1, 0.15) is 38.2 Å². The fraction of sp³-hybridized carbons (Fsp3) is 0.450. The van der Waals surface area contributed by atoms with Gasteiger partial charge in [0.2, 0.25) is 5.91 Å². The van der Waals surface area contributed by atoms with Gasteiger partial charge in [-0.1, -0.05) is 25.1 Å². The number of likely N-dealkylation sites (tertiary alicyclic amines) is 1. The molecule has 0 unspecified atom stereocenters. The minimum atomic E-state index is 0.122. The molecule has 3 rings (SSSR count). The Morgan fingerprint density at radius 2 is 1.83 bits per heavy atom. The fourth-order valence-electron chi connectivity index (χ4n) is 3.03. The summed E-state index contributed by atoms with van der Waals surface area (Å²) in [7, 11) is 0. The Morgan fingerprint density at radius 1 is 1.08 bits per heavy atom. The van der Waals surface area contributed by atoms with Crippen LogP contribution >= 0.6 is 0 Å². The van der Waals surface area contributed by atoms with Crippen molar-refractivity contribution in [1.29, 1.82) is 0 Å². The number of hydrogen-bond acceptors (Lipinski definition) is 3. The average Bonchev–Trinajstić information content (AvgIpc) is 2.65. The standard InChI is InChI=1S/C20H25NO3/c1-2-16(7-9-20(22)21-10-4-3-5-11-21)14-17-6-8-18-19(15-17)24-13-12-23-18/h6-9,14-15H,2-5,10-13H2,1H3/b9-7+,16-14+. The molecule has 2 aliphatic rings. The summed E-state index contributed by atoms with van der Waals surface area (Å²) in [6, 6.07) is 5.95. The first-order valence-corrected chi connectivity index (χ1v) is 8.83. The summed E-state index contributed by atoms with van der Waals surface area (Å²) in [4.78, 5) is 14.2. The molecule has 128 valence electrons. The molecule has 0 bridgehead atoms. The van der Waals surface area contributed by atoms with E-state index in [4.69, 9.17) is 9.47 Å². The molecular formula is C20H25NO3. The summed E-state index contributed by atoms with van der Waals surface area (Å²) in [5, 5.41) is 0. The van der Waals surface area contributed by atoms with Crippen molar-refractivity contribution in [2.75, 3.05) is 26.3 Å². The van der Waals surface area contributed by atoms with Crippen LogP contribution in [0.2, 0.25) is 0 Å². The topological polar surface area (TPSA) is 38.8 Å². The highest BCUT2D eigenvalue weighted by atomic mass is 16.6. The molecule has 4 nitrogen and oxygen atoms in total. The highest BCUT2D eigenvalue weighted by molar-refractivity contribution is 5.88. The third-order valence-electron chi connectivity index (χ3n) is 4.43. The van der Waals surface area contributed by atoms with Crippen molar-refractivity contribution in [2.45, 2.75) is 32.6 Å². The van der Waals surface area contributed by atoms with Crippen LogP contribution in [-0.2, 0) is 4.79 Å². The first-order chi connectivity index (χ1) is 11.8. The molecular weight excluding hydrogens is 302 g/mol. The van der Waals surface area contributed by atoms with Gasteiger partial charge in [0, 0.05) is 19.2 Å². The zero-order valence-corrected chi connectivity index (χ0v) is 14.3. The number of benzene rings is 1. The Kier molecular flexibility index (Phi) is 5.57. The summed E-state index contributed by atoms with van der Waals surface area (Å²) in [5.74, 6) is 1.71. The predicted octanol–water partition coefficient (Wildman–Crippen LogP) is 3.82. The molecule has 24 heavy (non-hydrogen) atoms. The van der Waals surface area contributed by atoms with Gasteiger partial charge in [0.05, 0.1) is 0 Å². The van der Waals surface area contributed by atoms with Gasteiger partial charge in [-0.25, -0.2) is 0 Å². The Balaban J connectivity index is 1.69. The quantitative estimate of drug-likeness (QED) is 0.623. The number of amides is 1. The van der Waals surface area contributed by atoms with Crippen LogP contribution in [0.25, 0.3) is 6.08 Å². The molecule has 0 N–H and O–H groups in total. The predicted molar refractivity (Wildman–Crippen MR) is 95.3 cm³/mol. The van der Waals surface area contributed by atoms with E-state index in [0.717, 1.165) is 55.0 Å². The molecule has 4 heteroatoms. The number of allylic oxidation sites excluding steroid dienone is 2. The van der Waals surface area contributed by atoms with Crippen LogP contribution in [0.15, 0.2) is 35.9 Å². The average molecular weight is 327 g/mol. The molecule has 0 aromatic heterocycles. The molecule has 0 saturated carbocycles. The number of fused-ring (bicyclic) bond motifs is 1. The van der Waals surface area contributed by atoms with Crippen molar-refractivity contribution < 1.29 is 14.3 Å². The number of ether oxygens (including phenoxy) is 2. The Hall–Kier alpha value is -2.23. The lowest BCUT2D eigenvalue weighted by atomic mass is 10.1. The largest absolute Gasteiger partial charge is 0.486 e. The minimum Gasteiger partial charge on any atom is -0.486 e. The van der Waals surface area contributed by atoms with Gasteiger partial charge >= 0.3 is 0 Å². The van der Waals surface area contributed by atoms with Crippen LogP contribution in [-0.4, -0.2) is 37.1 Å². The van der Waals surface area contributed by atoms with Crippen molar-refractivity contribution >= 4 is 12.0 Å². The van der Waals surface area contributed by atoms with E-state index in [1.807, 2.05) is 29.2 Å². The van der Waals surface area contributed by atoms with Crippen molar-refractivity contribution in [2.24, 2.45) is 0 Å². The van der Waals surface area contributed by atoms with Gasteiger partial charge in [0.15, 0.2) is 11.5 Å². The molecule has 1 aromatic rings. The maximum atomic E-state index is 12.2. The van der Waals surface area contributed by atoms with Crippen molar-refractivity contribution in [3.8, 4) is 11.5 Å². The molecule has 1 saturated heterocycles. The molecule has 1 aromatic carbocycles. The smallest absolute Gasteiger partial charge is 0.246 e. The van der Waals surface area contributed by atoms with E-state index in [1.54, 1.807) is 6.08 Å². The Morgan fingerprint density at radius 3 is 2.58 bits per heavy atom. The second kappa shape index (κ2) is 8.04. The van der Waals surface area contributed by atoms with Crippen LogP contribution in [0.3, 0.4) is 0 Å². The van der Waals surface area contributed by atoms with E-state index in [1.165, 1.54) is 6.42 Å². The molecule has 0 aliphatic carbocycles. The van der Waals surface area contributed by atoms with Gasteiger partial charge in [-0.15, -0.1) is 0 Å². The van der Waals surface area contributed by atoms with Gasteiger partial charge in [0.25, 0.3) is 0 Å². The summed E-state index contributed by atoms with van der Waals surface area (Å²) in [5.41, 5.74) is 2.18. The van der Waals surface area contributed by atoms with Gasteiger partial charge in [-0.3, -0.25) is 4.79 Å². The summed E-state index contributed by atoms with van der Waals surface area (Å²) < 4.78 is 11.2. The number of nitrogens with zero attached hydrogens (tertiary/aromatic N) is 1. The summed E-state index contributed by atoms with van der Waals surface area (Å²) >= 11 is 0. The van der Waals surface area contributed by atoms with E-state index in [9.17, 15) is 4.79 Å². The lowest BCUT2D eigenvalue weighted by molar-refractivity contribution is -0.126. The van der Waals surface area contributed by atoms with E-state index >= 15 is 0 Å². The Bertz CT molecular complexity index is 642.